The van der Waals surface area contributed by atoms with Gasteiger partial charge in [0.05, 0.1) is 0 Å². The van der Waals surface area contributed by atoms with Gasteiger partial charge in [0.25, 0.3) is 0 Å². The molecule has 0 aliphatic heterocycles. The van der Waals surface area contributed by atoms with Crippen LogP contribution in [0.15, 0.2) is 0 Å². The van der Waals surface area contributed by atoms with Gasteiger partial charge in [-0.3, -0.25) is 0 Å². The number of phosphoric acid groups is 1. The minimum Gasteiger partial charge on any atom is -0.822 e. The summed E-state index contributed by atoms with van der Waals surface area (Å²) in [6.07, 6.45) is 0. The minimum atomic E-state index is -5.39. The summed E-state index contributed by atoms with van der Waals surface area (Å²) in [6, 6.07) is 0. The van der Waals surface area contributed by atoms with Crippen LogP contribution in [0.25, 0.3) is 0 Å². The molecule has 0 amide bonds. The van der Waals surface area contributed by atoms with Gasteiger partial charge < -0.3 is 33.3 Å². The van der Waals surface area contributed by atoms with Gasteiger partial charge in [-0.15, -0.1) is 0 Å². The second-order valence-electron chi connectivity index (χ2n) is 0.697. The molecule has 0 heterocycles. The van der Waals surface area contributed by atoms with Crippen LogP contribution in [0.5, 0.6) is 0 Å². The van der Waals surface area contributed by atoms with Crippen molar-refractivity contribution in [3.05, 3.63) is 0 Å². The molecule has 0 fully saturated rings. The number of rotatable bonds is 0. The fourth-order valence-electron chi connectivity index (χ4n) is 0. The van der Waals surface area contributed by atoms with Crippen molar-refractivity contribution in [2.75, 3.05) is 0 Å². The molecule has 0 rings (SSSR count). The Morgan fingerprint density at radius 1 is 1.10 bits per heavy atom. The van der Waals surface area contributed by atoms with Crippen molar-refractivity contribution < 1.29 is 55.7 Å². The summed E-state index contributed by atoms with van der Waals surface area (Å²) in [5.74, 6) is 0. The fraction of sp³-hybridized carbons (Fsp3) is 0. The van der Waals surface area contributed by atoms with Gasteiger partial charge in [-0.1, -0.05) is 0 Å². The van der Waals surface area contributed by atoms with Crippen molar-refractivity contribution in [1.29, 1.82) is 0 Å². The van der Waals surface area contributed by atoms with Gasteiger partial charge in [0.1, 0.15) is 0 Å². The van der Waals surface area contributed by atoms with Crippen LogP contribution in [-0.4, -0.2) is 9.17 Å². The predicted molar refractivity (Wildman–Crippen MR) is 14.0 cm³/mol. The first-order valence-electron chi connectivity index (χ1n) is 1.34. The van der Waals surface area contributed by atoms with Gasteiger partial charge in [-0.25, -0.2) is 0 Å². The molecule has 0 spiro atoms. The van der Waals surface area contributed by atoms with E-state index in [1.165, 1.54) is 0 Å². The summed E-state index contributed by atoms with van der Waals surface area (Å²) in [5, 5.41) is 0. The second kappa shape index (κ2) is 7.57. The summed E-state index contributed by atoms with van der Waals surface area (Å²) in [4.78, 5) is 42.7. The van der Waals surface area contributed by atoms with Crippen LogP contribution in [0.1, 0.15) is 0 Å². The number of hydrogen-bond donors (Lipinski definition) is 0. The standard InChI is InChI=1S/Nb.H3O4P.O3Si/c;1-5(2,3)4;1-4(2)3/h;(H3,1,2,3,4);/q+5;;-2/p-3. The molecule has 0 aromatic rings. The van der Waals surface area contributed by atoms with Crippen LogP contribution >= 0.6 is 7.82 Å². The Hall–Kier alpha value is 0.467. The molecule has 0 aromatic heterocycles. The molecule has 7 nitrogen and oxygen atoms in total. The van der Waals surface area contributed by atoms with Crippen LogP contribution in [0.3, 0.4) is 0 Å². The van der Waals surface area contributed by atoms with Gasteiger partial charge in [0, 0.05) is 9.17 Å². The SMILES string of the molecule is O=P([O-])([O-])[O-].O=[Si]([O-])[O-].[Nb+5]. The Morgan fingerprint density at radius 3 is 1.10 bits per heavy atom. The topological polar surface area (TPSA) is 149 Å². The van der Waals surface area contributed by atoms with Gasteiger partial charge in [0.15, 0.2) is 0 Å². The first-order chi connectivity index (χ1) is 3.73. The van der Waals surface area contributed by atoms with E-state index in [2.05, 4.69) is 0 Å². The molecule has 0 saturated carbocycles. The zero-order valence-electron chi connectivity index (χ0n) is 4.25. The molecule has 0 radical (unpaired) electrons. The summed E-state index contributed by atoms with van der Waals surface area (Å²) in [7, 11) is -9.02. The summed E-state index contributed by atoms with van der Waals surface area (Å²) >= 11 is 0. The van der Waals surface area contributed by atoms with E-state index < -0.39 is 17.0 Å². The van der Waals surface area contributed by atoms with Crippen molar-refractivity contribution in [1.82, 2.24) is 0 Å². The Balaban J connectivity index is -0.0000000910. The minimum absolute atomic E-state index is 0. The number of hydrogen-bond acceptors (Lipinski definition) is 7. The molecule has 0 aliphatic carbocycles. The van der Waals surface area contributed by atoms with E-state index >= 15 is 0 Å². The zero-order chi connectivity index (χ0) is 8.08. The molecular formula is NbO7PSi. The summed E-state index contributed by atoms with van der Waals surface area (Å²) < 4.78 is 17.1. The van der Waals surface area contributed by atoms with Crippen molar-refractivity contribution in [2.24, 2.45) is 0 Å². The van der Waals surface area contributed by atoms with E-state index in [-0.39, 0.29) is 22.4 Å². The van der Waals surface area contributed by atoms with E-state index in [1.54, 1.807) is 0 Å². The first-order valence-corrected chi connectivity index (χ1v) is 4.03. The molecule has 0 N–H and O–H groups in total. The van der Waals surface area contributed by atoms with E-state index in [9.17, 15) is 0 Å². The Labute approximate surface area is 73.0 Å². The van der Waals surface area contributed by atoms with E-state index in [0.717, 1.165) is 0 Å². The monoisotopic (exact) mass is 264 g/mol. The molecule has 0 aromatic carbocycles. The van der Waals surface area contributed by atoms with Crippen LogP contribution in [0.4, 0.5) is 0 Å². The maximum absolute atomic E-state index is 8.55. The van der Waals surface area contributed by atoms with Gasteiger partial charge in [-0.2, -0.15) is 7.82 Å². The van der Waals surface area contributed by atoms with Gasteiger partial charge in [-0.05, 0) is 0 Å². The average Bonchev–Trinajstić information content (AvgIpc) is 1.19. The van der Waals surface area contributed by atoms with Crippen LogP contribution < -0.4 is 24.3 Å². The van der Waals surface area contributed by atoms with Gasteiger partial charge in [0.2, 0.25) is 0 Å². The van der Waals surface area contributed by atoms with Gasteiger partial charge >= 0.3 is 22.4 Å². The Morgan fingerprint density at radius 2 is 1.10 bits per heavy atom. The first kappa shape index (κ1) is 16.8. The average molecular weight is 264 g/mol. The maximum atomic E-state index is 8.55. The third kappa shape index (κ3) is 2160. The van der Waals surface area contributed by atoms with E-state index in [4.69, 9.17) is 33.3 Å². The fourth-order valence-corrected chi connectivity index (χ4v) is 0. The second-order valence-corrected chi connectivity index (χ2v) is 2.09. The van der Waals surface area contributed by atoms with Crippen LogP contribution in [-0.2, 0) is 31.4 Å². The Kier molecular flexibility index (Phi) is 12.7. The summed E-state index contributed by atoms with van der Waals surface area (Å²) in [5.41, 5.74) is 0. The van der Waals surface area contributed by atoms with Crippen molar-refractivity contribution in [3.63, 3.8) is 0 Å². The normalized spacial score (nSPS) is 8.30. The quantitative estimate of drug-likeness (QED) is 0.312. The predicted octanol–water partition coefficient (Wildman–Crippen LogP) is -5.70. The molecular weight excluding hydrogens is 264 g/mol. The molecule has 10 heteroatoms. The largest absolute Gasteiger partial charge is 5.00 e. The molecule has 0 atom stereocenters. The molecule has 56 valence electrons. The smallest absolute Gasteiger partial charge is 0.822 e. The maximum Gasteiger partial charge on any atom is 5.00 e. The van der Waals surface area contributed by atoms with E-state index in [1.807, 2.05) is 0 Å². The Bertz CT molecular complexity index is 113. The molecule has 0 aliphatic rings. The molecule has 0 unspecified atom stereocenters. The molecule has 0 saturated heterocycles. The molecule has 10 heavy (non-hydrogen) atoms. The third-order valence-corrected chi connectivity index (χ3v) is 0. The third-order valence-electron chi connectivity index (χ3n) is 0. The van der Waals surface area contributed by atoms with Crippen molar-refractivity contribution in [2.45, 2.75) is 0 Å². The van der Waals surface area contributed by atoms with Crippen molar-refractivity contribution in [3.8, 4) is 0 Å². The van der Waals surface area contributed by atoms with Crippen LogP contribution in [0, 0.1) is 0 Å². The zero-order valence-corrected chi connectivity index (χ0v) is 8.35. The van der Waals surface area contributed by atoms with Crippen molar-refractivity contribution >= 4 is 17.0 Å². The van der Waals surface area contributed by atoms with E-state index in [0.29, 0.717) is 0 Å². The van der Waals surface area contributed by atoms with Crippen LogP contribution in [0.2, 0.25) is 0 Å². The summed E-state index contributed by atoms with van der Waals surface area (Å²) in [6.45, 7) is 0. The molecule has 0 bridgehead atoms.